The maximum atomic E-state index is 12.5. The van der Waals surface area contributed by atoms with E-state index >= 15 is 0 Å². The molecule has 0 fully saturated rings. The van der Waals surface area contributed by atoms with Gasteiger partial charge in [0, 0.05) is 23.7 Å². The number of amides is 2. The number of ether oxygens (including phenoxy) is 2. The van der Waals surface area contributed by atoms with Crippen LogP contribution in [0, 0.1) is 0 Å². The molecule has 0 aromatic heterocycles. The minimum Gasteiger partial charge on any atom is -0.497 e. The van der Waals surface area contributed by atoms with E-state index in [4.69, 9.17) is 9.47 Å². The van der Waals surface area contributed by atoms with E-state index in [1.54, 1.807) is 56.5 Å². The zero-order chi connectivity index (χ0) is 17.5. The molecule has 0 heterocycles. The molecule has 6 nitrogen and oxygen atoms in total. The topological polar surface area (TPSA) is 76.7 Å². The molecule has 0 saturated carbocycles. The van der Waals surface area contributed by atoms with E-state index in [9.17, 15) is 9.59 Å². The highest BCUT2D eigenvalue weighted by atomic mass is 16.5. The van der Waals surface area contributed by atoms with Gasteiger partial charge in [-0.15, -0.1) is 0 Å². The van der Waals surface area contributed by atoms with Crippen molar-refractivity contribution >= 4 is 23.2 Å². The Morgan fingerprint density at radius 1 is 1.00 bits per heavy atom. The average Bonchev–Trinajstić information content (AvgIpc) is 2.61. The maximum absolute atomic E-state index is 12.5. The summed E-state index contributed by atoms with van der Waals surface area (Å²) in [6.45, 7) is 1.76. The van der Waals surface area contributed by atoms with E-state index in [2.05, 4.69) is 10.6 Å². The van der Waals surface area contributed by atoms with Crippen LogP contribution in [0.5, 0.6) is 11.5 Å². The minimum absolute atomic E-state index is 0.109. The van der Waals surface area contributed by atoms with Crippen LogP contribution in [-0.4, -0.2) is 26.0 Å². The van der Waals surface area contributed by atoms with Gasteiger partial charge in [0.1, 0.15) is 11.5 Å². The van der Waals surface area contributed by atoms with Crippen molar-refractivity contribution in [1.82, 2.24) is 0 Å². The van der Waals surface area contributed by atoms with Crippen LogP contribution >= 0.6 is 0 Å². The number of nitrogens with one attached hydrogen (secondary N) is 2. The molecular formula is C18H20N2O4. The molecule has 2 rings (SSSR count). The number of methoxy groups -OCH3 is 2. The highest BCUT2D eigenvalue weighted by Gasteiger charge is 2.12. The van der Waals surface area contributed by atoms with Crippen molar-refractivity contribution in [3.63, 3.8) is 0 Å². The molecule has 0 spiro atoms. The summed E-state index contributed by atoms with van der Waals surface area (Å²) in [6.07, 6.45) is 0.372. The fourth-order valence-corrected chi connectivity index (χ4v) is 2.09. The number of rotatable bonds is 6. The fourth-order valence-electron chi connectivity index (χ4n) is 2.09. The highest BCUT2D eigenvalue weighted by molar-refractivity contribution is 6.06. The second-order valence-corrected chi connectivity index (χ2v) is 5.00. The van der Waals surface area contributed by atoms with E-state index < -0.39 is 0 Å². The molecule has 0 aliphatic heterocycles. The van der Waals surface area contributed by atoms with Crippen molar-refractivity contribution < 1.29 is 19.1 Å². The normalized spacial score (nSPS) is 9.96. The Morgan fingerprint density at radius 2 is 1.79 bits per heavy atom. The van der Waals surface area contributed by atoms with Crippen LogP contribution in [0.4, 0.5) is 11.4 Å². The summed E-state index contributed by atoms with van der Waals surface area (Å²) in [5.41, 5.74) is 1.51. The lowest BCUT2D eigenvalue weighted by atomic mass is 10.1. The first-order valence-corrected chi connectivity index (χ1v) is 7.50. The molecular weight excluding hydrogens is 308 g/mol. The monoisotopic (exact) mass is 328 g/mol. The van der Waals surface area contributed by atoms with Gasteiger partial charge in [-0.1, -0.05) is 13.0 Å². The third-order valence-electron chi connectivity index (χ3n) is 3.38. The average molecular weight is 328 g/mol. The van der Waals surface area contributed by atoms with Gasteiger partial charge >= 0.3 is 0 Å². The van der Waals surface area contributed by atoms with Crippen LogP contribution in [0.1, 0.15) is 23.7 Å². The molecule has 0 bridgehead atoms. The summed E-state index contributed by atoms with van der Waals surface area (Å²) < 4.78 is 10.4. The molecule has 0 unspecified atom stereocenters. The zero-order valence-corrected chi connectivity index (χ0v) is 13.9. The van der Waals surface area contributed by atoms with Crippen LogP contribution in [0.2, 0.25) is 0 Å². The van der Waals surface area contributed by atoms with E-state index in [1.807, 2.05) is 0 Å². The molecule has 0 aliphatic rings. The van der Waals surface area contributed by atoms with Crippen LogP contribution < -0.4 is 20.1 Å². The van der Waals surface area contributed by atoms with Gasteiger partial charge in [-0.05, 0) is 30.3 Å². The van der Waals surface area contributed by atoms with Crippen molar-refractivity contribution in [2.24, 2.45) is 0 Å². The summed E-state index contributed by atoms with van der Waals surface area (Å²) in [6, 6.07) is 11.9. The Morgan fingerprint density at radius 3 is 2.46 bits per heavy atom. The van der Waals surface area contributed by atoms with Crippen molar-refractivity contribution in [3.8, 4) is 11.5 Å². The lowest BCUT2D eigenvalue weighted by Gasteiger charge is -2.12. The third kappa shape index (κ3) is 4.25. The molecule has 2 aromatic rings. The lowest BCUT2D eigenvalue weighted by Crippen LogP contribution is -2.14. The molecule has 126 valence electrons. The summed E-state index contributed by atoms with van der Waals surface area (Å²) in [4.78, 5) is 23.9. The van der Waals surface area contributed by atoms with Crippen LogP contribution in [-0.2, 0) is 4.79 Å². The van der Waals surface area contributed by atoms with Gasteiger partial charge in [-0.2, -0.15) is 0 Å². The van der Waals surface area contributed by atoms with Crippen molar-refractivity contribution in [1.29, 1.82) is 0 Å². The largest absolute Gasteiger partial charge is 0.497 e. The standard InChI is InChI=1S/C18H20N2O4/c1-4-17(21)19-13-7-5-6-12(10-13)18(22)20-15-11-14(23-2)8-9-16(15)24-3/h5-11H,4H2,1-3H3,(H,19,21)(H,20,22). The second kappa shape index (κ2) is 8.01. The number of carbonyl (C=O) groups is 2. The van der Waals surface area contributed by atoms with Crippen LogP contribution in [0.3, 0.4) is 0 Å². The Labute approximate surface area is 140 Å². The molecule has 6 heteroatoms. The van der Waals surface area contributed by atoms with E-state index in [0.717, 1.165) is 0 Å². The minimum atomic E-state index is -0.311. The number of carbonyl (C=O) groups excluding carboxylic acids is 2. The summed E-state index contributed by atoms with van der Waals surface area (Å²) in [5, 5.41) is 5.52. The highest BCUT2D eigenvalue weighted by Crippen LogP contribution is 2.29. The summed E-state index contributed by atoms with van der Waals surface area (Å²) >= 11 is 0. The van der Waals surface area contributed by atoms with Gasteiger partial charge in [0.25, 0.3) is 5.91 Å². The first kappa shape index (κ1) is 17.3. The third-order valence-corrected chi connectivity index (χ3v) is 3.38. The van der Waals surface area contributed by atoms with Gasteiger partial charge in [-0.25, -0.2) is 0 Å². The Bertz CT molecular complexity index is 744. The quantitative estimate of drug-likeness (QED) is 0.853. The van der Waals surface area contributed by atoms with Crippen LogP contribution in [0.15, 0.2) is 42.5 Å². The molecule has 0 aliphatic carbocycles. The number of hydrogen-bond donors (Lipinski definition) is 2. The van der Waals surface area contributed by atoms with Crippen molar-refractivity contribution in [2.75, 3.05) is 24.9 Å². The molecule has 0 atom stereocenters. The second-order valence-electron chi connectivity index (χ2n) is 5.00. The molecule has 2 N–H and O–H groups in total. The van der Waals surface area contributed by atoms with Gasteiger partial charge in [-0.3, -0.25) is 9.59 Å². The van der Waals surface area contributed by atoms with E-state index in [-0.39, 0.29) is 11.8 Å². The molecule has 2 amide bonds. The van der Waals surface area contributed by atoms with Crippen LogP contribution in [0.25, 0.3) is 0 Å². The van der Waals surface area contributed by atoms with Gasteiger partial charge in [0.2, 0.25) is 5.91 Å². The summed E-state index contributed by atoms with van der Waals surface area (Å²) in [5.74, 6) is 0.714. The van der Waals surface area contributed by atoms with Gasteiger partial charge in [0.15, 0.2) is 0 Å². The Hall–Kier alpha value is -3.02. The SMILES string of the molecule is CCC(=O)Nc1cccc(C(=O)Nc2cc(OC)ccc2OC)c1. The zero-order valence-electron chi connectivity index (χ0n) is 13.9. The van der Waals surface area contributed by atoms with Crippen molar-refractivity contribution in [2.45, 2.75) is 13.3 Å². The number of anilines is 2. The molecule has 0 saturated heterocycles. The van der Waals surface area contributed by atoms with Gasteiger partial charge < -0.3 is 20.1 Å². The Balaban J connectivity index is 2.21. The molecule has 0 radical (unpaired) electrons. The summed E-state index contributed by atoms with van der Waals surface area (Å²) in [7, 11) is 3.08. The molecule has 2 aromatic carbocycles. The first-order valence-electron chi connectivity index (χ1n) is 7.50. The predicted octanol–water partition coefficient (Wildman–Crippen LogP) is 3.30. The number of hydrogen-bond acceptors (Lipinski definition) is 4. The fraction of sp³-hybridized carbons (Fsp3) is 0.222. The predicted molar refractivity (Wildman–Crippen MR) is 92.9 cm³/mol. The van der Waals surface area contributed by atoms with Crippen molar-refractivity contribution in [3.05, 3.63) is 48.0 Å². The smallest absolute Gasteiger partial charge is 0.255 e. The first-order chi connectivity index (χ1) is 11.6. The maximum Gasteiger partial charge on any atom is 0.255 e. The molecule has 24 heavy (non-hydrogen) atoms. The number of benzene rings is 2. The van der Waals surface area contributed by atoms with Gasteiger partial charge in [0.05, 0.1) is 19.9 Å². The Kier molecular flexibility index (Phi) is 5.78. The van der Waals surface area contributed by atoms with E-state index in [0.29, 0.717) is 34.9 Å². The lowest BCUT2D eigenvalue weighted by molar-refractivity contribution is -0.115. The van der Waals surface area contributed by atoms with E-state index in [1.165, 1.54) is 7.11 Å².